The van der Waals surface area contributed by atoms with Gasteiger partial charge in [0.15, 0.2) is 0 Å². The minimum atomic E-state index is -0.504. The Balaban J connectivity index is 2.26. The first-order valence-corrected chi connectivity index (χ1v) is 6.01. The van der Waals surface area contributed by atoms with Gasteiger partial charge in [-0.25, -0.2) is 14.2 Å². The summed E-state index contributed by atoms with van der Waals surface area (Å²) in [5.41, 5.74) is 1.21. The van der Waals surface area contributed by atoms with Crippen LogP contribution in [0.3, 0.4) is 0 Å². The fourth-order valence-electron chi connectivity index (χ4n) is 1.82. The number of hydrogen-bond donors (Lipinski definition) is 2. The summed E-state index contributed by atoms with van der Waals surface area (Å²) in [4.78, 5) is 18.8. The molecular formula is C13H16FN3O2. The molecule has 0 aliphatic carbocycles. The van der Waals surface area contributed by atoms with E-state index in [-0.39, 0.29) is 17.7 Å². The number of esters is 1. The SMILES string of the molecule is COC(=O)C(Nc1nc2ccc(F)cc2[nH]1)C(C)C. The van der Waals surface area contributed by atoms with Crippen molar-refractivity contribution >= 4 is 23.0 Å². The van der Waals surface area contributed by atoms with E-state index in [0.29, 0.717) is 17.0 Å². The highest BCUT2D eigenvalue weighted by Gasteiger charge is 2.23. The van der Waals surface area contributed by atoms with E-state index in [1.165, 1.54) is 19.2 Å². The predicted molar refractivity (Wildman–Crippen MR) is 70.3 cm³/mol. The molecule has 1 aromatic heterocycles. The number of H-pyrrole nitrogens is 1. The number of aromatic amines is 1. The Morgan fingerprint density at radius 1 is 1.47 bits per heavy atom. The molecule has 0 radical (unpaired) electrons. The van der Waals surface area contributed by atoms with Crippen LogP contribution in [0.1, 0.15) is 13.8 Å². The van der Waals surface area contributed by atoms with Gasteiger partial charge in [-0.1, -0.05) is 13.8 Å². The minimum Gasteiger partial charge on any atom is -0.467 e. The molecule has 0 aliphatic rings. The predicted octanol–water partition coefficient (Wildman–Crippen LogP) is 2.31. The molecule has 1 unspecified atom stereocenters. The molecule has 0 fully saturated rings. The number of nitrogens with zero attached hydrogens (tertiary/aromatic N) is 1. The van der Waals surface area contributed by atoms with Crippen molar-refractivity contribution in [3.63, 3.8) is 0 Å². The van der Waals surface area contributed by atoms with Gasteiger partial charge in [0.05, 0.1) is 18.1 Å². The van der Waals surface area contributed by atoms with E-state index < -0.39 is 6.04 Å². The molecule has 6 heteroatoms. The Hall–Kier alpha value is -2.11. The van der Waals surface area contributed by atoms with Crippen LogP contribution >= 0.6 is 0 Å². The van der Waals surface area contributed by atoms with E-state index >= 15 is 0 Å². The van der Waals surface area contributed by atoms with Crippen molar-refractivity contribution in [1.29, 1.82) is 0 Å². The molecule has 0 amide bonds. The molecule has 1 aromatic carbocycles. The van der Waals surface area contributed by atoms with Gasteiger partial charge in [-0.2, -0.15) is 0 Å². The summed E-state index contributed by atoms with van der Waals surface area (Å²) in [5.74, 6) is -0.236. The zero-order valence-electron chi connectivity index (χ0n) is 11.0. The molecule has 0 saturated carbocycles. The molecule has 5 nitrogen and oxygen atoms in total. The van der Waals surface area contributed by atoms with Crippen molar-refractivity contribution in [2.24, 2.45) is 5.92 Å². The highest BCUT2D eigenvalue weighted by molar-refractivity contribution is 5.81. The zero-order chi connectivity index (χ0) is 14.0. The Morgan fingerprint density at radius 2 is 2.21 bits per heavy atom. The standard InChI is InChI=1S/C13H16FN3O2/c1-7(2)11(12(18)19-3)17-13-15-9-5-4-8(14)6-10(9)16-13/h4-7,11H,1-3H3,(H2,15,16,17). The molecule has 2 aromatic rings. The summed E-state index contributed by atoms with van der Waals surface area (Å²) in [6.07, 6.45) is 0. The second-order valence-electron chi connectivity index (χ2n) is 4.64. The number of fused-ring (bicyclic) bond motifs is 1. The quantitative estimate of drug-likeness (QED) is 0.832. The minimum absolute atomic E-state index is 0.0393. The van der Waals surface area contributed by atoms with Crippen LogP contribution in [0.15, 0.2) is 18.2 Å². The second-order valence-corrected chi connectivity index (χ2v) is 4.64. The van der Waals surface area contributed by atoms with Crippen LogP contribution in [0.2, 0.25) is 0 Å². The first-order chi connectivity index (χ1) is 9.01. The number of benzene rings is 1. The van der Waals surface area contributed by atoms with Gasteiger partial charge in [0.25, 0.3) is 0 Å². The van der Waals surface area contributed by atoms with Gasteiger partial charge in [-0.05, 0) is 24.1 Å². The molecule has 0 spiro atoms. The van der Waals surface area contributed by atoms with Gasteiger partial charge >= 0.3 is 5.97 Å². The maximum atomic E-state index is 13.1. The molecule has 2 N–H and O–H groups in total. The van der Waals surface area contributed by atoms with E-state index in [2.05, 4.69) is 15.3 Å². The van der Waals surface area contributed by atoms with Crippen molar-refractivity contribution in [3.8, 4) is 0 Å². The molecular weight excluding hydrogens is 249 g/mol. The van der Waals surface area contributed by atoms with Crippen LogP contribution in [0.4, 0.5) is 10.3 Å². The van der Waals surface area contributed by atoms with Crippen molar-refractivity contribution in [3.05, 3.63) is 24.0 Å². The number of rotatable bonds is 4. The lowest BCUT2D eigenvalue weighted by molar-refractivity contribution is -0.142. The highest BCUT2D eigenvalue weighted by atomic mass is 19.1. The number of halogens is 1. The number of anilines is 1. The van der Waals surface area contributed by atoms with E-state index in [9.17, 15) is 9.18 Å². The summed E-state index contributed by atoms with van der Waals surface area (Å²) in [5, 5.41) is 2.97. The van der Waals surface area contributed by atoms with Gasteiger partial charge < -0.3 is 15.0 Å². The van der Waals surface area contributed by atoms with E-state index in [1.54, 1.807) is 6.07 Å². The number of carbonyl (C=O) groups is 1. The van der Waals surface area contributed by atoms with Crippen molar-refractivity contribution in [2.75, 3.05) is 12.4 Å². The molecule has 19 heavy (non-hydrogen) atoms. The summed E-state index contributed by atoms with van der Waals surface area (Å²) in [7, 11) is 1.34. The Morgan fingerprint density at radius 3 is 2.84 bits per heavy atom. The largest absolute Gasteiger partial charge is 0.467 e. The van der Waals surface area contributed by atoms with Crippen LogP contribution in [0.5, 0.6) is 0 Å². The molecule has 1 heterocycles. The average molecular weight is 265 g/mol. The lowest BCUT2D eigenvalue weighted by atomic mass is 10.1. The molecule has 102 valence electrons. The number of carbonyl (C=O) groups excluding carboxylic acids is 1. The van der Waals surface area contributed by atoms with Gasteiger partial charge in [0.2, 0.25) is 5.95 Å². The van der Waals surface area contributed by atoms with Crippen LogP contribution in [0, 0.1) is 11.7 Å². The summed E-state index contributed by atoms with van der Waals surface area (Å²) < 4.78 is 17.8. The number of hydrogen-bond acceptors (Lipinski definition) is 4. The molecule has 0 aliphatic heterocycles. The van der Waals surface area contributed by atoms with Crippen LogP contribution in [-0.2, 0) is 9.53 Å². The number of aromatic nitrogens is 2. The lowest BCUT2D eigenvalue weighted by Crippen LogP contribution is -2.35. The first-order valence-electron chi connectivity index (χ1n) is 6.01. The fraction of sp³-hybridized carbons (Fsp3) is 0.385. The van der Waals surface area contributed by atoms with Crippen LogP contribution in [-0.4, -0.2) is 29.1 Å². The second kappa shape index (κ2) is 5.26. The normalized spacial score (nSPS) is 12.7. The maximum Gasteiger partial charge on any atom is 0.328 e. The van der Waals surface area contributed by atoms with Gasteiger partial charge in [-0.3, -0.25) is 0 Å². The van der Waals surface area contributed by atoms with E-state index in [4.69, 9.17) is 4.74 Å². The van der Waals surface area contributed by atoms with Gasteiger partial charge in [0, 0.05) is 0 Å². The number of ether oxygens (including phenoxy) is 1. The summed E-state index contributed by atoms with van der Waals surface area (Å²) >= 11 is 0. The summed E-state index contributed by atoms with van der Waals surface area (Å²) in [6, 6.07) is 3.77. The van der Waals surface area contributed by atoms with Crippen molar-refractivity contribution < 1.29 is 13.9 Å². The lowest BCUT2D eigenvalue weighted by Gasteiger charge is -2.18. The topological polar surface area (TPSA) is 67.0 Å². The Labute approximate surface area is 110 Å². The highest BCUT2D eigenvalue weighted by Crippen LogP contribution is 2.17. The van der Waals surface area contributed by atoms with Gasteiger partial charge in [0.1, 0.15) is 11.9 Å². The molecule has 2 rings (SSSR count). The third kappa shape index (κ3) is 2.83. The average Bonchev–Trinajstić information content (AvgIpc) is 2.76. The molecule has 0 bridgehead atoms. The van der Waals surface area contributed by atoms with Crippen molar-refractivity contribution in [2.45, 2.75) is 19.9 Å². The third-order valence-electron chi connectivity index (χ3n) is 2.86. The molecule has 0 saturated heterocycles. The first kappa shape index (κ1) is 13.3. The van der Waals surface area contributed by atoms with E-state index in [1.807, 2.05) is 13.8 Å². The monoisotopic (exact) mass is 265 g/mol. The van der Waals surface area contributed by atoms with Crippen molar-refractivity contribution in [1.82, 2.24) is 9.97 Å². The van der Waals surface area contributed by atoms with Crippen LogP contribution < -0.4 is 5.32 Å². The maximum absolute atomic E-state index is 13.1. The number of nitrogens with one attached hydrogen (secondary N) is 2. The van der Waals surface area contributed by atoms with E-state index in [0.717, 1.165) is 0 Å². The Bertz CT molecular complexity index is 595. The Kier molecular flexibility index (Phi) is 3.69. The number of imidazole rings is 1. The number of methoxy groups -OCH3 is 1. The summed E-state index contributed by atoms with van der Waals surface area (Å²) in [6.45, 7) is 3.80. The fourth-order valence-corrected chi connectivity index (χ4v) is 1.82. The molecule has 1 atom stereocenters. The van der Waals surface area contributed by atoms with Gasteiger partial charge in [-0.15, -0.1) is 0 Å². The van der Waals surface area contributed by atoms with Crippen LogP contribution in [0.25, 0.3) is 11.0 Å². The third-order valence-corrected chi connectivity index (χ3v) is 2.86. The smallest absolute Gasteiger partial charge is 0.328 e. The zero-order valence-corrected chi connectivity index (χ0v) is 11.0.